The van der Waals surface area contributed by atoms with Crippen molar-refractivity contribution in [3.8, 4) is 0 Å². The van der Waals surface area contributed by atoms with Gasteiger partial charge in [0.1, 0.15) is 23.4 Å². The topological polar surface area (TPSA) is 72.6 Å². The van der Waals surface area contributed by atoms with Gasteiger partial charge in [-0.3, -0.25) is 0 Å². The lowest BCUT2D eigenvalue weighted by Crippen LogP contribution is -2.56. The van der Waals surface area contributed by atoms with E-state index in [1.807, 2.05) is 37.3 Å². The molecule has 7 atom stereocenters. The van der Waals surface area contributed by atoms with E-state index in [2.05, 4.69) is 32.2 Å². The van der Waals surface area contributed by atoms with E-state index in [4.69, 9.17) is 18.9 Å². The summed E-state index contributed by atoms with van der Waals surface area (Å²) >= 11 is 0. The van der Waals surface area contributed by atoms with Gasteiger partial charge in [-0.15, -0.1) is 0 Å². The smallest absolute Gasteiger partial charge is 0.407 e. The third-order valence-corrected chi connectivity index (χ3v) is 7.13. The van der Waals surface area contributed by atoms with Gasteiger partial charge in [0.2, 0.25) is 0 Å². The first-order valence-corrected chi connectivity index (χ1v) is 11.3. The highest BCUT2D eigenvalue weighted by atomic mass is 16.6. The summed E-state index contributed by atoms with van der Waals surface area (Å²) in [7, 11) is 1.69. The molecular formula is C25H35NO5. The van der Waals surface area contributed by atoms with Gasteiger partial charge in [-0.05, 0) is 52.5 Å². The van der Waals surface area contributed by atoms with Crippen molar-refractivity contribution in [1.82, 2.24) is 5.32 Å². The molecule has 6 nitrogen and oxygen atoms in total. The maximum atomic E-state index is 12.7. The van der Waals surface area contributed by atoms with E-state index < -0.39 is 6.09 Å². The van der Waals surface area contributed by atoms with E-state index in [1.165, 1.54) is 5.57 Å². The molecule has 31 heavy (non-hydrogen) atoms. The molecule has 3 aliphatic rings. The Morgan fingerprint density at radius 2 is 2.03 bits per heavy atom. The second-order valence-corrected chi connectivity index (χ2v) is 9.60. The van der Waals surface area contributed by atoms with E-state index in [1.54, 1.807) is 7.11 Å². The molecule has 2 aliphatic heterocycles. The summed E-state index contributed by atoms with van der Waals surface area (Å²) in [4.78, 5) is 12.7. The van der Waals surface area contributed by atoms with Gasteiger partial charge in [-0.1, -0.05) is 42.0 Å². The van der Waals surface area contributed by atoms with Crippen LogP contribution in [0.3, 0.4) is 0 Å². The Bertz CT molecular complexity index is 816. The highest BCUT2D eigenvalue weighted by Crippen LogP contribution is 2.59. The zero-order valence-corrected chi connectivity index (χ0v) is 19.2. The molecule has 3 fully saturated rings. The number of alkyl carbamates (subject to hydrolysis) is 1. The number of ether oxygens (including phenoxy) is 4. The first-order valence-electron chi connectivity index (χ1n) is 11.3. The minimum Gasteiger partial charge on any atom is -0.443 e. The molecule has 2 heterocycles. The molecule has 0 unspecified atom stereocenters. The molecule has 0 bridgehead atoms. The van der Waals surface area contributed by atoms with Crippen LogP contribution in [-0.2, 0) is 18.9 Å². The molecule has 1 aromatic rings. The zero-order chi connectivity index (χ0) is 22.2. The number of carbonyl (C=O) groups excluding carboxylic acids is 1. The number of epoxide rings is 2. The van der Waals surface area contributed by atoms with Crippen LogP contribution >= 0.6 is 0 Å². The van der Waals surface area contributed by atoms with Gasteiger partial charge in [0.15, 0.2) is 0 Å². The average Bonchev–Trinajstić information content (AvgIpc) is 3.65. The minimum atomic E-state index is -0.419. The van der Waals surface area contributed by atoms with Crippen molar-refractivity contribution in [2.45, 2.75) is 82.5 Å². The van der Waals surface area contributed by atoms with E-state index in [0.717, 1.165) is 31.4 Å². The molecule has 4 rings (SSSR count). The summed E-state index contributed by atoms with van der Waals surface area (Å²) in [6.45, 7) is 9.02. The van der Waals surface area contributed by atoms with Crippen LogP contribution in [0, 0.1) is 5.92 Å². The van der Waals surface area contributed by atoms with Crippen LogP contribution in [0.4, 0.5) is 4.79 Å². The van der Waals surface area contributed by atoms with E-state index >= 15 is 0 Å². The van der Waals surface area contributed by atoms with Gasteiger partial charge < -0.3 is 24.3 Å². The number of carbonyl (C=O) groups is 1. The van der Waals surface area contributed by atoms with Crippen molar-refractivity contribution < 1.29 is 23.7 Å². The normalized spacial score (nSPS) is 37.1. The quantitative estimate of drug-likeness (QED) is 0.508. The van der Waals surface area contributed by atoms with E-state index in [0.29, 0.717) is 0 Å². The molecule has 1 amide bonds. The molecule has 1 saturated carbocycles. The molecule has 1 spiro atoms. The number of amides is 1. The summed E-state index contributed by atoms with van der Waals surface area (Å²) < 4.78 is 24.0. The van der Waals surface area contributed by atoms with Gasteiger partial charge in [0.05, 0.1) is 24.7 Å². The van der Waals surface area contributed by atoms with Crippen molar-refractivity contribution in [1.29, 1.82) is 0 Å². The fraction of sp³-hybridized carbons (Fsp3) is 0.640. The molecule has 2 saturated heterocycles. The number of methoxy groups -OCH3 is 1. The first-order chi connectivity index (χ1) is 14.8. The van der Waals surface area contributed by atoms with Crippen molar-refractivity contribution in [2.75, 3.05) is 13.7 Å². The Kier molecular flexibility index (Phi) is 6.16. The first kappa shape index (κ1) is 22.3. The van der Waals surface area contributed by atoms with Gasteiger partial charge >= 0.3 is 6.09 Å². The summed E-state index contributed by atoms with van der Waals surface area (Å²) in [6, 6.07) is 9.73. The van der Waals surface area contributed by atoms with Crippen LogP contribution in [0.25, 0.3) is 0 Å². The predicted molar refractivity (Wildman–Crippen MR) is 118 cm³/mol. The van der Waals surface area contributed by atoms with Crippen LogP contribution in [0.2, 0.25) is 0 Å². The summed E-state index contributed by atoms with van der Waals surface area (Å²) in [5, 5.41) is 2.95. The molecule has 1 aromatic carbocycles. The average molecular weight is 430 g/mol. The number of rotatable bonds is 7. The van der Waals surface area contributed by atoms with Crippen molar-refractivity contribution in [3.05, 3.63) is 47.5 Å². The van der Waals surface area contributed by atoms with Gasteiger partial charge in [0, 0.05) is 7.11 Å². The number of hydrogen-bond acceptors (Lipinski definition) is 5. The molecule has 1 aliphatic carbocycles. The Morgan fingerprint density at radius 3 is 2.65 bits per heavy atom. The standard InChI is InChI=1S/C25H35NO5/c1-16(2)11-12-20-24(4,31-20)22-21(28-5)19(13-14-25(22)15-29-25)30-23(27)26-17(3)18-9-7-6-8-10-18/h6-11,17,19-22H,12-15H2,1-5H3,(H,26,27)/t17-,19+,20+,21+,22+,24+,25-/m0/s1. The Morgan fingerprint density at radius 1 is 1.32 bits per heavy atom. The molecule has 6 heteroatoms. The lowest BCUT2D eigenvalue weighted by Gasteiger charge is -2.42. The van der Waals surface area contributed by atoms with Crippen LogP contribution in [-0.4, -0.2) is 49.3 Å². The molecule has 170 valence electrons. The largest absolute Gasteiger partial charge is 0.443 e. The lowest BCUT2D eigenvalue weighted by molar-refractivity contribution is -0.118. The van der Waals surface area contributed by atoms with Crippen LogP contribution < -0.4 is 5.32 Å². The lowest BCUT2D eigenvalue weighted by atomic mass is 9.68. The number of benzene rings is 1. The third-order valence-electron chi connectivity index (χ3n) is 7.13. The summed E-state index contributed by atoms with van der Waals surface area (Å²) in [5.41, 5.74) is 1.77. The Balaban J connectivity index is 1.43. The summed E-state index contributed by atoms with van der Waals surface area (Å²) in [6.07, 6.45) is 3.77. The molecule has 0 aromatic heterocycles. The summed E-state index contributed by atoms with van der Waals surface area (Å²) in [5.74, 6) is 0.0265. The SMILES string of the molecule is CO[C@@H]1[C@H](OC(=O)N[C@@H](C)c2ccccc2)CC[C@]2(CO2)[C@H]1[C@]1(C)O[C@@H]1CC=C(C)C. The fourth-order valence-electron chi connectivity index (χ4n) is 5.24. The number of nitrogens with one attached hydrogen (secondary N) is 1. The Hall–Kier alpha value is -1.89. The van der Waals surface area contributed by atoms with E-state index in [-0.39, 0.29) is 41.5 Å². The maximum absolute atomic E-state index is 12.7. The second-order valence-electron chi connectivity index (χ2n) is 9.60. The van der Waals surface area contributed by atoms with Crippen molar-refractivity contribution >= 4 is 6.09 Å². The maximum Gasteiger partial charge on any atom is 0.407 e. The van der Waals surface area contributed by atoms with E-state index in [9.17, 15) is 4.79 Å². The number of allylic oxidation sites excluding steroid dienone is 1. The van der Waals surface area contributed by atoms with Crippen LogP contribution in [0.5, 0.6) is 0 Å². The number of hydrogen-bond donors (Lipinski definition) is 1. The fourth-order valence-corrected chi connectivity index (χ4v) is 5.24. The third kappa shape index (κ3) is 4.52. The van der Waals surface area contributed by atoms with Crippen LogP contribution in [0.1, 0.15) is 58.6 Å². The molecule has 1 N–H and O–H groups in total. The Labute approximate surface area is 185 Å². The van der Waals surface area contributed by atoms with Crippen LogP contribution in [0.15, 0.2) is 42.0 Å². The minimum absolute atomic E-state index is 0.0265. The zero-order valence-electron chi connectivity index (χ0n) is 19.2. The van der Waals surface area contributed by atoms with Crippen molar-refractivity contribution in [3.63, 3.8) is 0 Å². The molecular weight excluding hydrogens is 394 g/mol. The highest BCUT2D eigenvalue weighted by molar-refractivity contribution is 5.68. The van der Waals surface area contributed by atoms with Crippen molar-refractivity contribution in [2.24, 2.45) is 5.92 Å². The van der Waals surface area contributed by atoms with Gasteiger partial charge in [-0.2, -0.15) is 0 Å². The van der Waals surface area contributed by atoms with Gasteiger partial charge in [-0.25, -0.2) is 4.79 Å². The predicted octanol–water partition coefficient (Wildman–Crippen LogP) is 4.55. The highest BCUT2D eigenvalue weighted by Gasteiger charge is 2.72. The molecule has 0 radical (unpaired) electrons. The second kappa shape index (κ2) is 8.57. The van der Waals surface area contributed by atoms with Gasteiger partial charge in [0.25, 0.3) is 0 Å². The monoisotopic (exact) mass is 429 g/mol.